The van der Waals surface area contributed by atoms with Crippen molar-refractivity contribution in [2.45, 2.75) is 38.5 Å². The van der Waals surface area contributed by atoms with Crippen LogP contribution in [-0.2, 0) is 5.41 Å². The second-order valence-corrected chi connectivity index (χ2v) is 4.47. The van der Waals surface area contributed by atoms with Crippen LogP contribution in [0.2, 0.25) is 0 Å². The Morgan fingerprint density at radius 2 is 1.92 bits per heavy atom. The van der Waals surface area contributed by atoms with E-state index in [1.807, 2.05) is 27.7 Å². The average Bonchev–Trinajstić information content (AvgIpc) is 2.30. The molecule has 0 aliphatic heterocycles. The Hall–Kier alpha value is -0.570. The van der Waals surface area contributed by atoms with Crippen LogP contribution in [-0.4, -0.2) is 10.2 Å². The molecule has 1 heterocycles. The third kappa shape index (κ3) is 1.97. The summed E-state index contributed by atoms with van der Waals surface area (Å²) in [5, 5.41) is 7.53. The van der Waals surface area contributed by atoms with Crippen LogP contribution < -0.4 is 0 Å². The highest BCUT2D eigenvalue weighted by atomic mass is 35.5. The predicted octanol–water partition coefficient (Wildman–Crippen LogP) is 2.67. The molecule has 1 rings (SSSR count). The predicted molar refractivity (Wildman–Crippen MR) is 47.3 cm³/mol. The van der Waals surface area contributed by atoms with Crippen LogP contribution in [0.4, 0.5) is 0 Å². The van der Waals surface area contributed by atoms with Gasteiger partial charge in [-0.2, -0.15) is 0 Å². The first-order valence-corrected chi connectivity index (χ1v) is 4.33. The zero-order valence-corrected chi connectivity index (χ0v) is 8.51. The highest BCUT2D eigenvalue weighted by molar-refractivity contribution is 6.20. The van der Waals surface area contributed by atoms with E-state index in [0.717, 1.165) is 0 Å². The van der Waals surface area contributed by atoms with Crippen molar-refractivity contribution in [1.29, 1.82) is 0 Å². The first-order valence-electron chi connectivity index (χ1n) is 3.89. The zero-order chi connectivity index (χ0) is 9.35. The van der Waals surface area contributed by atoms with Crippen LogP contribution in [0.25, 0.3) is 0 Å². The van der Waals surface area contributed by atoms with Gasteiger partial charge >= 0.3 is 0 Å². The maximum Gasteiger partial charge on any atom is 0.234 e. The Bertz CT molecular complexity index is 262. The van der Waals surface area contributed by atoms with Gasteiger partial charge in [0.2, 0.25) is 11.8 Å². The van der Waals surface area contributed by atoms with E-state index in [9.17, 15) is 0 Å². The zero-order valence-electron chi connectivity index (χ0n) is 7.76. The lowest BCUT2D eigenvalue weighted by molar-refractivity contribution is 0.371. The molecular weight excluding hydrogens is 176 g/mol. The highest BCUT2D eigenvalue weighted by Crippen LogP contribution is 2.24. The number of rotatable bonds is 1. The standard InChI is InChI=1S/C8H13ClN2O/c1-5(9)6-10-11-7(12-6)8(2,3)4/h5H,1-4H3. The first kappa shape index (κ1) is 9.52. The average molecular weight is 189 g/mol. The normalized spacial score (nSPS) is 14.8. The molecule has 0 saturated carbocycles. The van der Waals surface area contributed by atoms with E-state index in [0.29, 0.717) is 11.8 Å². The lowest BCUT2D eigenvalue weighted by Crippen LogP contribution is -2.11. The molecule has 12 heavy (non-hydrogen) atoms. The molecule has 0 aromatic carbocycles. The van der Waals surface area contributed by atoms with Crippen LogP contribution >= 0.6 is 11.6 Å². The molecule has 1 aromatic rings. The van der Waals surface area contributed by atoms with Crippen molar-refractivity contribution in [3.8, 4) is 0 Å². The quantitative estimate of drug-likeness (QED) is 0.636. The van der Waals surface area contributed by atoms with Crippen molar-refractivity contribution in [2.75, 3.05) is 0 Å². The van der Waals surface area contributed by atoms with Crippen molar-refractivity contribution < 1.29 is 4.42 Å². The SMILES string of the molecule is CC(Cl)c1nnc(C(C)(C)C)o1. The van der Waals surface area contributed by atoms with Crippen molar-refractivity contribution in [3.05, 3.63) is 11.8 Å². The molecule has 0 saturated heterocycles. The van der Waals surface area contributed by atoms with Crippen molar-refractivity contribution >= 4 is 11.6 Å². The molecule has 0 radical (unpaired) electrons. The minimum Gasteiger partial charge on any atom is -0.423 e. The van der Waals surface area contributed by atoms with Gasteiger partial charge in [0.25, 0.3) is 0 Å². The topological polar surface area (TPSA) is 38.9 Å². The lowest BCUT2D eigenvalue weighted by atomic mass is 9.97. The second kappa shape index (κ2) is 3.05. The highest BCUT2D eigenvalue weighted by Gasteiger charge is 2.22. The van der Waals surface area contributed by atoms with Gasteiger partial charge in [0, 0.05) is 5.41 Å². The minimum absolute atomic E-state index is 0.100. The summed E-state index contributed by atoms with van der Waals surface area (Å²) in [5.74, 6) is 1.12. The summed E-state index contributed by atoms with van der Waals surface area (Å²) in [6.45, 7) is 7.86. The van der Waals surface area contributed by atoms with E-state index in [4.69, 9.17) is 16.0 Å². The van der Waals surface area contributed by atoms with Crippen LogP contribution in [0, 0.1) is 0 Å². The first-order chi connectivity index (χ1) is 5.41. The summed E-state index contributed by atoms with van der Waals surface area (Å²) in [4.78, 5) is 0. The van der Waals surface area contributed by atoms with Crippen molar-refractivity contribution in [1.82, 2.24) is 10.2 Å². The fourth-order valence-corrected chi connectivity index (χ4v) is 0.787. The van der Waals surface area contributed by atoms with Gasteiger partial charge in [-0.25, -0.2) is 0 Å². The third-order valence-electron chi connectivity index (χ3n) is 1.42. The lowest BCUT2D eigenvalue weighted by Gasteiger charge is -2.10. The number of nitrogens with zero attached hydrogens (tertiary/aromatic N) is 2. The van der Waals surface area contributed by atoms with Crippen LogP contribution in [0.1, 0.15) is 44.9 Å². The van der Waals surface area contributed by atoms with E-state index < -0.39 is 0 Å². The molecule has 68 valence electrons. The summed E-state index contributed by atoms with van der Waals surface area (Å²) >= 11 is 5.77. The van der Waals surface area contributed by atoms with Gasteiger partial charge in [0.15, 0.2) is 0 Å². The molecule has 1 unspecified atom stereocenters. The van der Waals surface area contributed by atoms with E-state index in [-0.39, 0.29) is 10.8 Å². The fourth-order valence-electron chi connectivity index (χ4n) is 0.698. The summed E-state index contributed by atoms with van der Waals surface area (Å²) in [6.07, 6.45) is 0. The Kier molecular flexibility index (Phi) is 2.42. The summed E-state index contributed by atoms with van der Waals surface area (Å²) in [7, 11) is 0. The number of alkyl halides is 1. The maximum atomic E-state index is 5.77. The smallest absolute Gasteiger partial charge is 0.234 e. The third-order valence-corrected chi connectivity index (χ3v) is 1.61. The molecule has 3 nitrogen and oxygen atoms in total. The Morgan fingerprint density at radius 3 is 2.17 bits per heavy atom. The molecule has 0 amide bonds. The molecule has 0 spiro atoms. The van der Waals surface area contributed by atoms with E-state index in [1.165, 1.54) is 0 Å². The maximum absolute atomic E-state index is 5.77. The fraction of sp³-hybridized carbons (Fsp3) is 0.750. The second-order valence-electron chi connectivity index (χ2n) is 3.81. The number of halogens is 1. The van der Waals surface area contributed by atoms with E-state index >= 15 is 0 Å². The van der Waals surface area contributed by atoms with Gasteiger partial charge < -0.3 is 4.42 Å². The Labute approximate surface area is 77.1 Å². The van der Waals surface area contributed by atoms with Crippen LogP contribution in [0.15, 0.2) is 4.42 Å². The Balaban J connectivity index is 2.92. The number of hydrogen-bond acceptors (Lipinski definition) is 3. The molecule has 0 fully saturated rings. The van der Waals surface area contributed by atoms with Crippen LogP contribution in [0.5, 0.6) is 0 Å². The Morgan fingerprint density at radius 1 is 1.33 bits per heavy atom. The monoisotopic (exact) mass is 188 g/mol. The van der Waals surface area contributed by atoms with Crippen LogP contribution in [0.3, 0.4) is 0 Å². The van der Waals surface area contributed by atoms with Gasteiger partial charge in [-0.15, -0.1) is 21.8 Å². The van der Waals surface area contributed by atoms with Crippen molar-refractivity contribution in [3.63, 3.8) is 0 Å². The summed E-state index contributed by atoms with van der Waals surface area (Å²) in [5.41, 5.74) is -0.100. The van der Waals surface area contributed by atoms with Gasteiger partial charge in [-0.1, -0.05) is 20.8 Å². The molecule has 0 bridgehead atoms. The minimum atomic E-state index is -0.214. The van der Waals surface area contributed by atoms with E-state index in [2.05, 4.69) is 10.2 Å². The molecule has 1 aromatic heterocycles. The molecule has 1 atom stereocenters. The molecule has 0 aliphatic carbocycles. The van der Waals surface area contributed by atoms with E-state index in [1.54, 1.807) is 0 Å². The number of aromatic nitrogens is 2. The van der Waals surface area contributed by atoms with Gasteiger partial charge in [0.05, 0.1) is 0 Å². The number of hydrogen-bond donors (Lipinski definition) is 0. The van der Waals surface area contributed by atoms with Gasteiger partial charge in [-0.3, -0.25) is 0 Å². The summed E-state index contributed by atoms with van der Waals surface area (Å²) < 4.78 is 5.36. The summed E-state index contributed by atoms with van der Waals surface area (Å²) in [6, 6.07) is 0. The van der Waals surface area contributed by atoms with Gasteiger partial charge in [-0.05, 0) is 6.92 Å². The molecule has 0 aliphatic rings. The molecule has 0 N–H and O–H groups in total. The van der Waals surface area contributed by atoms with Gasteiger partial charge in [0.1, 0.15) is 5.38 Å². The molecule has 4 heteroatoms. The molecular formula is C8H13ClN2O. The largest absolute Gasteiger partial charge is 0.423 e. The van der Waals surface area contributed by atoms with Crippen molar-refractivity contribution in [2.24, 2.45) is 0 Å².